The molecule has 2 aromatic rings. The summed E-state index contributed by atoms with van der Waals surface area (Å²) < 4.78 is 5.52. The number of rotatable bonds is 7. The number of hydrogen-bond donors (Lipinski definition) is 3. The van der Waals surface area contributed by atoms with E-state index in [0.717, 1.165) is 21.6 Å². The maximum Gasteiger partial charge on any atom is 0.347 e. The average Bonchev–Trinajstić information content (AvgIpc) is 2.65. The predicted octanol–water partition coefficient (Wildman–Crippen LogP) is 6.05. The second kappa shape index (κ2) is 9.36. The van der Waals surface area contributed by atoms with Gasteiger partial charge in [-0.05, 0) is 54.5 Å². The Morgan fingerprint density at radius 3 is 1.81 bits per heavy atom. The zero-order chi connectivity index (χ0) is 24.5. The lowest BCUT2D eigenvalue weighted by Crippen LogP contribution is -2.37. The van der Waals surface area contributed by atoms with Crippen molar-refractivity contribution in [2.24, 2.45) is 0 Å². The van der Waals surface area contributed by atoms with Gasteiger partial charge in [-0.1, -0.05) is 53.7 Å². The fraction of sp³-hybridized carbons (Fsp3) is 0.500. The molecule has 0 spiro atoms. The average molecular weight is 461 g/mol. The lowest BCUT2D eigenvalue weighted by Gasteiger charge is -2.28. The molecule has 5 nitrogen and oxygen atoms in total. The van der Waals surface area contributed by atoms with Crippen LogP contribution in [0.2, 0.25) is 0 Å². The van der Waals surface area contributed by atoms with E-state index < -0.39 is 17.7 Å². The molecular formula is C26H36O5S. The van der Waals surface area contributed by atoms with Gasteiger partial charge in [0.15, 0.2) is 5.60 Å². The fourth-order valence-electron chi connectivity index (χ4n) is 3.20. The van der Waals surface area contributed by atoms with Crippen LogP contribution in [-0.2, 0) is 15.6 Å². The summed E-state index contributed by atoms with van der Waals surface area (Å²) in [6, 6.07) is 10.8. The second-order valence-electron chi connectivity index (χ2n) is 10.7. The number of phenols is 1. The first-order valence-corrected chi connectivity index (χ1v) is 11.7. The number of aliphatic carboxylic acids is 1. The van der Waals surface area contributed by atoms with Gasteiger partial charge in [0.2, 0.25) is 0 Å². The largest absolute Gasteiger partial charge is 0.507 e. The minimum absolute atomic E-state index is 0.209. The second-order valence-corrected chi connectivity index (χ2v) is 11.8. The number of ether oxygens (including phenoxy) is 1. The summed E-state index contributed by atoms with van der Waals surface area (Å²) in [5.41, 5.74) is 0.764. The van der Waals surface area contributed by atoms with Crippen molar-refractivity contribution < 1.29 is 24.9 Å². The van der Waals surface area contributed by atoms with Crippen molar-refractivity contribution in [1.29, 1.82) is 0 Å². The number of carbonyl (C=O) groups is 1. The smallest absolute Gasteiger partial charge is 0.347 e. The molecule has 0 amide bonds. The summed E-state index contributed by atoms with van der Waals surface area (Å²) in [4.78, 5) is 12.2. The van der Waals surface area contributed by atoms with Crippen LogP contribution in [0.4, 0.5) is 0 Å². The first-order chi connectivity index (χ1) is 14.5. The molecule has 2 rings (SSSR count). The number of hydrogen-bond acceptors (Lipinski definition) is 5. The van der Waals surface area contributed by atoms with Gasteiger partial charge in [0, 0.05) is 21.8 Å². The zero-order valence-corrected chi connectivity index (χ0v) is 21.1. The summed E-state index contributed by atoms with van der Waals surface area (Å²) in [7, 11) is 0. The van der Waals surface area contributed by atoms with Gasteiger partial charge >= 0.3 is 5.97 Å². The molecule has 0 bridgehead atoms. The molecule has 0 aliphatic rings. The Bertz CT molecular complexity index is 915. The van der Waals surface area contributed by atoms with Crippen molar-refractivity contribution in [3.05, 3.63) is 53.1 Å². The summed E-state index contributed by atoms with van der Waals surface area (Å²) in [5.74, 6) is 0.175. The quantitative estimate of drug-likeness (QED) is 0.436. The fourth-order valence-corrected chi connectivity index (χ4v) is 4.15. The summed E-state index contributed by atoms with van der Waals surface area (Å²) in [5, 5.41) is 30.8. The normalized spacial score (nSPS) is 13.7. The van der Waals surface area contributed by atoms with E-state index >= 15 is 0 Å². The van der Waals surface area contributed by atoms with Crippen LogP contribution >= 0.6 is 11.8 Å². The third-order valence-corrected chi connectivity index (χ3v) is 6.31. The number of carboxylic acid groups (broad SMARTS) is 1. The van der Waals surface area contributed by atoms with E-state index in [1.165, 1.54) is 13.8 Å². The lowest BCUT2D eigenvalue weighted by molar-refractivity contribution is -0.152. The summed E-state index contributed by atoms with van der Waals surface area (Å²) in [6.07, 6.45) is -0.702. The Labute approximate surface area is 195 Å². The number of thioether (sulfide) groups is 1. The van der Waals surface area contributed by atoms with Crippen molar-refractivity contribution in [2.75, 3.05) is 5.75 Å². The van der Waals surface area contributed by atoms with Crippen LogP contribution in [0.5, 0.6) is 11.5 Å². The molecule has 0 heterocycles. The maximum atomic E-state index is 11.2. The summed E-state index contributed by atoms with van der Waals surface area (Å²) >= 11 is 1.54. The zero-order valence-electron chi connectivity index (χ0n) is 20.3. The minimum atomic E-state index is -1.33. The van der Waals surface area contributed by atoms with Crippen molar-refractivity contribution >= 4 is 17.7 Å². The number of aromatic hydroxyl groups is 1. The highest BCUT2D eigenvalue weighted by atomic mass is 32.2. The van der Waals surface area contributed by atoms with E-state index in [1.807, 2.05) is 12.1 Å². The highest BCUT2D eigenvalue weighted by molar-refractivity contribution is 7.99. The van der Waals surface area contributed by atoms with Crippen LogP contribution in [0, 0.1) is 0 Å². The molecule has 0 aromatic heterocycles. The minimum Gasteiger partial charge on any atom is -0.507 e. The molecule has 0 saturated heterocycles. The van der Waals surface area contributed by atoms with Gasteiger partial charge < -0.3 is 20.1 Å². The van der Waals surface area contributed by atoms with Crippen LogP contribution in [-0.4, -0.2) is 32.6 Å². The van der Waals surface area contributed by atoms with Crippen LogP contribution < -0.4 is 4.74 Å². The molecule has 0 fully saturated rings. The van der Waals surface area contributed by atoms with E-state index in [0.29, 0.717) is 17.3 Å². The molecule has 32 heavy (non-hydrogen) atoms. The Kier molecular flexibility index (Phi) is 7.63. The molecule has 0 unspecified atom stereocenters. The maximum absolute atomic E-state index is 11.2. The van der Waals surface area contributed by atoms with Gasteiger partial charge in [-0.25, -0.2) is 4.79 Å². The van der Waals surface area contributed by atoms with Crippen molar-refractivity contribution in [3.63, 3.8) is 0 Å². The molecular weight excluding hydrogens is 424 g/mol. The number of benzene rings is 2. The molecule has 0 radical (unpaired) electrons. The van der Waals surface area contributed by atoms with Gasteiger partial charge in [0.1, 0.15) is 11.5 Å². The van der Waals surface area contributed by atoms with E-state index in [9.17, 15) is 20.1 Å². The first-order valence-electron chi connectivity index (χ1n) is 10.7. The number of aliphatic hydroxyl groups excluding tert-OH is 1. The third kappa shape index (κ3) is 6.42. The van der Waals surface area contributed by atoms with Gasteiger partial charge in [-0.3, -0.25) is 0 Å². The van der Waals surface area contributed by atoms with E-state index in [-0.39, 0.29) is 10.8 Å². The third-order valence-electron chi connectivity index (χ3n) is 5.26. The highest BCUT2D eigenvalue weighted by Gasteiger charge is 2.29. The molecule has 0 aliphatic heterocycles. The van der Waals surface area contributed by atoms with Gasteiger partial charge in [0.25, 0.3) is 0 Å². The van der Waals surface area contributed by atoms with Crippen molar-refractivity contribution in [1.82, 2.24) is 0 Å². The Morgan fingerprint density at radius 1 is 0.938 bits per heavy atom. The van der Waals surface area contributed by atoms with Gasteiger partial charge in [-0.2, -0.15) is 0 Å². The van der Waals surface area contributed by atoms with Gasteiger partial charge in [0.05, 0.1) is 6.10 Å². The summed E-state index contributed by atoms with van der Waals surface area (Å²) in [6.45, 7) is 15.4. The number of carboxylic acids is 1. The van der Waals surface area contributed by atoms with Crippen LogP contribution in [0.1, 0.15) is 78.2 Å². The van der Waals surface area contributed by atoms with Crippen LogP contribution in [0.3, 0.4) is 0 Å². The molecule has 1 atom stereocenters. The molecule has 6 heteroatoms. The van der Waals surface area contributed by atoms with E-state index in [2.05, 4.69) is 41.5 Å². The molecule has 176 valence electrons. The highest BCUT2D eigenvalue weighted by Crippen LogP contribution is 2.42. The van der Waals surface area contributed by atoms with Crippen LogP contribution in [0.15, 0.2) is 41.3 Å². The van der Waals surface area contributed by atoms with E-state index in [1.54, 1.807) is 36.0 Å². The lowest BCUT2D eigenvalue weighted by atomic mass is 9.79. The SMILES string of the molecule is CC(C)(Oc1ccc([C@@H](O)CSc2cc(C(C)(C)C)c(O)c(C(C)(C)C)c2)cc1)C(=O)O. The Hall–Kier alpha value is -2.18. The first kappa shape index (κ1) is 26.1. The van der Waals surface area contributed by atoms with Gasteiger partial charge in [-0.15, -0.1) is 11.8 Å². The molecule has 3 N–H and O–H groups in total. The van der Waals surface area contributed by atoms with Crippen molar-refractivity contribution in [3.8, 4) is 11.5 Å². The Morgan fingerprint density at radius 2 is 1.41 bits per heavy atom. The van der Waals surface area contributed by atoms with Crippen LogP contribution in [0.25, 0.3) is 0 Å². The van der Waals surface area contributed by atoms with Crippen molar-refractivity contribution in [2.45, 2.75) is 82.8 Å². The standard InChI is InChI=1S/C26H36O5S/c1-24(2,3)19-13-18(14-20(22(19)28)25(4,5)6)32-15-21(27)16-9-11-17(12-10-16)31-26(7,8)23(29)30/h9-14,21,27-28H,15H2,1-8H3,(H,29,30)/t21-/m0/s1. The monoisotopic (exact) mass is 460 g/mol. The molecule has 2 aromatic carbocycles. The van der Waals surface area contributed by atoms with E-state index in [4.69, 9.17) is 4.74 Å². The number of phenolic OH excluding ortho intramolecular Hbond substituents is 1. The Balaban J connectivity index is 2.19. The topological polar surface area (TPSA) is 87.0 Å². The molecule has 0 saturated carbocycles. The number of aliphatic hydroxyl groups is 1. The molecule has 0 aliphatic carbocycles. The predicted molar refractivity (Wildman–Crippen MR) is 130 cm³/mol.